The van der Waals surface area contributed by atoms with Crippen LogP contribution in [0.1, 0.15) is 6.92 Å². The topological polar surface area (TPSA) is 40.5 Å². The van der Waals surface area contributed by atoms with Crippen LogP contribution in [0.25, 0.3) is 0 Å². The van der Waals surface area contributed by atoms with Crippen LogP contribution < -0.4 is 0 Å². The maximum atomic E-state index is 7.46. The molecule has 0 aromatic heterocycles. The van der Waals surface area contributed by atoms with Gasteiger partial charge in [0, 0.05) is 6.61 Å². The fraction of sp³-hybridized carbons (Fsp3) is 0.500. The lowest BCUT2D eigenvalue weighted by molar-refractivity contribution is 0.341. The summed E-state index contributed by atoms with van der Waals surface area (Å²) in [5, 5.41) is 14.9. The molecule has 0 bridgehead atoms. The second-order valence-electron chi connectivity index (χ2n) is 0.482. The van der Waals surface area contributed by atoms with E-state index in [0.29, 0.717) is 0 Å². The Balaban J connectivity index is 0. The van der Waals surface area contributed by atoms with E-state index in [-0.39, 0.29) is 6.61 Å². The molecule has 0 saturated carbocycles. The van der Waals surface area contributed by atoms with Gasteiger partial charge in [-0.05, 0) is 13.8 Å². The molecule has 2 N–H and O–H groups in total. The van der Waals surface area contributed by atoms with Crippen molar-refractivity contribution < 1.29 is 10.2 Å². The Morgan fingerprint density at radius 1 is 1.83 bits per heavy atom. The Morgan fingerprint density at radius 2 is 1.83 bits per heavy atom. The van der Waals surface area contributed by atoms with E-state index >= 15 is 0 Å². The van der Waals surface area contributed by atoms with Crippen molar-refractivity contribution in [3.05, 3.63) is 13.5 Å². The molecule has 0 saturated heterocycles. The minimum atomic E-state index is 0. The van der Waals surface area contributed by atoms with Crippen LogP contribution in [-0.2, 0) is 0 Å². The molecule has 38 valence electrons. The largest absolute Gasteiger partial charge is 0.396 e. The summed E-state index contributed by atoms with van der Waals surface area (Å²) in [5.41, 5.74) is 0. The highest BCUT2D eigenvalue weighted by Gasteiger charge is 1.36. The smallest absolute Gasteiger partial charge is 0.0768 e. The molecule has 2 radical (unpaired) electrons. The first kappa shape index (κ1) is 9.33. The van der Waals surface area contributed by atoms with Crippen molar-refractivity contribution in [2.75, 3.05) is 6.61 Å². The van der Waals surface area contributed by atoms with Gasteiger partial charge in [0.1, 0.15) is 0 Å². The maximum absolute atomic E-state index is 7.46. The zero-order valence-electron chi connectivity index (χ0n) is 3.89. The van der Waals surface area contributed by atoms with Gasteiger partial charge in [0.25, 0.3) is 0 Å². The SMILES string of the molecule is C[CH]O.[CH2]CO. The summed E-state index contributed by atoms with van der Waals surface area (Å²) in [4.78, 5) is 0. The van der Waals surface area contributed by atoms with E-state index in [4.69, 9.17) is 10.2 Å². The Labute approximate surface area is 38.4 Å². The number of aliphatic hydroxyl groups is 2. The van der Waals surface area contributed by atoms with Crippen molar-refractivity contribution in [2.45, 2.75) is 6.92 Å². The van der Waals surface area contributed by atoms with Gasteiger partial charge in [0.15, 0.2) is 0 Å². The number of aliphatic hydroxyl groups excluding tert-OH is 2. The predicted octanol–water partition coefficient (Wildman–Crippen LogP) is 0.353. The molecule has 0 aromatic carbocycles. The summed E-state index contributed by atoms with van der Waals surface area (Å²) in [7, 11) is 0. The van der Waals surface area contributed by atoms with E-state index in [1.165, 1.54) is 0 Å². The minimum absolute atomic E-state index is 0. The van der Waals surface area contributed by atoms with E-state index in [1.54, 1.807) is 6.92 Å². The number of rotatable bonds is 0. The van der Waals surface area contributed by atoms with E-state index in [9.17, 15) is 0 Å². The predicted molar refractivity (Wildman–Crippen MR) is 24.4 cm³/mol. The molecule has 0 amide bonds. The Morgan fingerprint density at radius 3 is 1.83 bits per heavy atom. The molecule has 2 nitrogen and oxygen atoms in total. The fourth-order valence-corrected chi connectivity index (χ4v) is 0. The van der Waals surface area contributed by atoms with Gasteiger partial charge >= 0.3 is 0 Å². The molecule has 0 aliphatic heterocycles. The molecule has 0 aliphatic carbocycles. The first-order valence-electron chi connectivity index (χ1n) is 1.65. The highest BCUT2D eigenvalue weighted by Crippen LogP contribution is 1.44. The van der Waals surface area contributed by atoms with Crippen molar-refractivity contribution in [3.8, 4) is 0 Å². The average Bonchev–Trinajstić information content (AvgIpc) is 1.39. The second-order valence-corrected chi connectivity index (χ2v) is 0.482. The van der Waals surface area contributed by atoms with Crippen molar-refractivity contribution in [2.24, 2.45) is 0 Å². The molecule has 0 aliphatic rings. The molecule has 0 aromatic rings. The van der Waals surface area contributed by atoms with Crippen LogP contribution in [-0.4, -0.2) is 16.8 Å². The maximum Gasteiger partial charge on any atom is 0.0768 e. The lowest BCUT2D eigenvalue weighted by Crippen LogP contribution is -1.58. The summed E-state index contributed by atoms with van der Waals surface area (Å²) in [5.74, 6) is 0. The van der Waals surface area contributed by atoms with Crippen molar-refractivity contribution in [3.63, 3.8) is 0 Å². The molecular formula is C4H10O2. The van der Waals surface area contributed by atoms with Gasteiger partial charge < -0.3 is 10.2 Å². The summed E-state index contributed by atoms with van der Waals surface area (Å²) in [6, 6.07) is 0. The van der Waals surface area contributed by atoms with E-state index in [2.05, 4.69) is 6.92 Å². The summed E-state index contributed by atoms with van der Waals surface area (Å²) in [6.07, 6.45) is 0. The summed E-state index contributed by atoms with van der Waals surface area (Å²) < 4.78 is 0. The van der Waals surface area contributed by atoms with Gasteiger partial charge in [-0.3, -0.25) is 0 Å². The van der Waals surface area contributed by atoms with Crippen molar-refractivity contribution >= 4 is 0 Å². The zero-order valence-corrected chi connectivity index (χ0v) is 3.89. The third-order valence-electron chi connectivity index (χ3n) is 0. The molecule has 0 fully saturated rings. The van der Waals surface area contributed by atoms with Crippen molar-refractivity contribution in [1.29, 1.82) is 0 Å². The monoisotopic (exact) mass is 90.1 g/mol. The summed E-state index contributed by atoms with van der Waals surface area (Å²) >= 11 is 0. The molecule has 2 heteroatoms. The second kappa shape index (κ2) is 20.5. The Kier molecular flexibility index (Phi) is 31.9. The average molecular weight is 90.1 g/mol. The molecule has 0 unspecified atom stereocenters. The highest BCUT2D eigenvalue weighted by molar-refractivity contribution is 4.15. The lowest BCUT2D eigenvalue weighted by atomic mass is 10.9. The van der Waals surface area contributed by atoms with Gasteiger partial charge in [-0.2, -0.15) is 0 Å². The van der Waals surface area contributed by atoms with Crippen LogP contribution in [0.5, 0.6) is 0 Å². The quantitative estimate of drug-likeness (QED) is 0.450. The number of hydrogen-bond donors (Lipinski definition) is 2. The van der Waals surface area contributed by atoms with Gasteiger partial charge in [-0.25, -0.2) is 0 Å². The zero-order chi connectivity index (χ0) is 5.41. The van der Waals surface area contributed by atoms with E-state index in [0.717, 1.165) is 6.61 Å². The third kappa shape index (κ3) is 5220. The van der Waals surface area contributed by atoms with Crippen LogP contribution in [0.4, 0.5) is 0 Å². The van der Waals surface area contributed by atoms with Crippen LogP contribution in [0.3, 0.4) is 0 Å². The van der Waals surface area contributed by atoms with Crippen LogP contribution in [0.2, 0.25) is 0 Å². The first-order valence-corrected chi connectivity index (χ1v) is 1.65. The fourth-order valence-electron chi connectivity index (χ4n) is 0. The first-order chi connectivity index (χ1) is 2.83. The normalized spacial score (nSPS) is 6.00. The molecule has 0 spiro atoms. The Bertz CT molecular complexity index is 7.51. The van der Waals surface area contributed by atoms with Gasteiger partial charge in [0.2, 0.25) is 0 Å². The highest BCUT2D eigenvalue weighted by atomic mass is 16.3. The van der Waals surface area contributed by atoms with Gasteiger partial charge in [-0.1, -0.05) is 0 Å². The Hall–Kier alpha value is -0.0800. The van der Waals surface area contributed by atoms with Gasteiger partial charge in [0.05, 0.1) is 6.61 Å². The molecule has 0 heterocycles. The minimum Gasteiger partial charge on any atom is -0.396 e. The summed E-state index contributed by atoms with van der Waals surface area (Å²) in [6.45, 7) is 5.60. The molecule has 6 heavy (non-hydrogen) atoms. The third-order valence-corrected chi connectivity index (χ3v) is 0. The van der Waals surface area contributed by atoms with Crippen LogP contribution in [0.15, 0.2) is 0 Å². The van der Waals surface area contributed by atoms with Crippen molar-refractivity contribution in [1.82, 2.24) is 0 Å². The van der Waals surface area contributed by atoms with E-state index < -0.39 is 0 Å². The number of hydrogen-bond acceptors (Lipinski definition) is 2. The lowest BCUT2D eigenvalue weighted by Gasteiger charge is -1.52. The van der Waals surface area contributed by atoms with Gasteiger partial charge in [-0.15, -0.1) is 0 Å². The standard InChI is InChI=1S/2C2H5O/c2*1-2-3/h2-3H,1H3;3H,1-2H2. The molecule has 0 atom stereocenters. The molecule has 0 rings (SSSR count). The van der Waals surface area contributed by atoms with Crippen LogP contribution >= 0.6 is 0 Å². The van der Waals surface area contributed by atoms with Crippen LogP contribution in [0, 0.1) is 13.5 Å². The van der Waals surface area contributed by atoms with E-state index in [1.807, 2.05) is 0 Å². The molecular weight excluding hydrogens is 80.0 g/mol.